The van der Waals surface area contributed by atoms with Crippen LogP contribution in [0.5, 0.6) is 0 Å². The molecule has 1 rings (SSSR count). The molecule has 1 fully saturated rings. The molecule has 0 aromatic rings. The first-order valence-corrected chi connectivity index (χ1v) is 12.3. The summed E-state index contributed by atoms with van der Waals surface area (Å²) in [5.41, 5.74) is 0. The number of carbonyl (C=O) groups is 3. The Morgan fingerprint density at radius 2 is 1.23 bits per heavy atom. The summed E-state index contributed by atoms with van der Waals surface area (Å²) in [6, 6.07) is 0. The van der Waals surface area contributed by atoms with Crippen molar-refractivity contribution in [3.8, 4) is 0 Å². The van der Waals surface area contributed by atoms with Crippen LogP contribution in [0.2, 0.25) is 0 Å². The van der Waals surface area contributed by atoms with Gasteiger partial charge in [-0.15, -0.1) is 0 Å². The standard InChI is InChI=1S/C25H44O6/c1-18(2)12-7-5-9-16-30-24(28)21-15-11-14-20(23(26)27)22(21)25(29)31-17-10-6-8-13-19(3)4/h18-22H,5-17H2,1-4H3,(H,26,27). The van der Waals surface area contributed by atoms with Crippen molar-refractivity contribution in [2.45, 2.75) is 98.3 Å². The molecule has 3 unspecified atom stereocenters. The molecule has 1 N–H and O–H groups in total. The average molecular weight is 441 g/mol. The van der Waals surface area contributed by atoms with Gasteiger partial charge in [-0.1, -0.05) is 72.6 Å². The molecule has 6 heteroatoms. The van der Waals surface area contributed by atoms with Crippen LogP contribution in [0.4, 0.5) is 0 Å². The van der Waals surface area contributed by atoms with Crippen molar-refractivity contribution in [1.82, 2.24) is 0 Å². The number of unbranched alkanes of at least 4 members (excludes halogenated alkanes) is 4. The third-order valence-electron chi connectivity index (χ3n) is 6.13. The summed E-state index contributed by atoms with van der Waals surface area (Å²) >= 11 is 0. The molecule has 6 nitrogen and oxygen atoms in total. The molecule has 0 radical (unpaired) electrons. The molecule has 31 heavy (non-hydrogen) atoms. The van der Waals surface area contributed by atoms with Crippen LogP contribution in [-0.2, 0) is 23.9 Å². The lowest BCUT2D eigenvalue weighted by atomic mass is 9.72. The second-order valence-corrected chi connectivity index (χ2v) is 9.83. The summed E-state index contributed by atoms with van der Waals surface area (Å²) in [5, 5.41) is 9.61. The fourth-order valence-corrected chi connectivity index (χ4v) is 4.28. The van der Waals surface area contributed by atoms with E-state index in [2.05, 4.69) is 27.7 Å². The number of rotatable bonds is 15. The van der Waals surface area contributed by atoms with E-state index in [4.69, 9.17) is 9.47 Å². The van der Waals surface area contributed by atoms with Gasteiger partial charge in [0, 0.05) is 0 Å². The van der Waals surface area contributed by atoms with Gasteiger partial charge in [-0.2, -0.15) is 0 Å². The van der Waals surface area contributed by atoms with Gasteiger partial charge in [0.05, 0.1) is 31.0 Å². The predicted molar refractivity (Wildman–Crippen MR) is 120 cm³/mol. The number of carboxylic acid groups (broad SMARTS) is 1. The number of aliphatic carboxylic acids is 1. The van der Waals surface area contributed by atoms with E-state index < -0.39 is 35.7 Å². The summed E-state index contributed by atoms with van der Waals surface area (Å²) < 4.78 is 10.9. The lowest BCUT2D eigenvalue weighted by Gasteiger charge is -2.33. The topological polar surface area (TPSA) is 89.9 Å². The summed E-state index contributed by atoms with van der Waals surface area (Å²) in [6.45, 7) is 9.33. The van der Waals surface area contributed by atoms with Crippen LogP contribution in [-0.4, -0.2) is 36.2 Å². The van der Waals surface area contributed by atoms with E-state index in [1.54, 1.807) is 0 Å². The molecule has 3 atom stereocenters. The number of ether oxygens (including phenoxy) is 2. The van der Waals surface area contributed by atoms with Crippen LogP contribution in [0.3, 0.4) is 0 Å². The zero-order chi connectivity index (χ0) is 23.2. The molecule has 1 saturated carbocycles. The monoisotopic (exact) mass is 440 g/mol. The number of carboxylic acids is 1. The van der Waals surface area contributed by atoms with Gasteiger partial charge in [0.25, 0.3) is 0 Å². The Bertz CT molecular complexity index is 542. The molecule has 0 bridgehead atoms. The Balaban J connectivity index is 2.54. The van der Waals surface area contributed by atoms with E-state index in [0.29, 0.717) is 37.7 Å². The van der Waals surface area contributed by atoms with Crippen molar-refractivity contribution in [3.05, 3.63) is 0 Å². The van der Waals surface area contributed by atoms with Gasteiger partial charge in [-0.05, 0) is 37.5 Å². The first-order valence-electron chi connectivity index (χ1n) is 12.3. The number of esters is 2. The first-order chi connectivity index (χ1) is 14.7. The van der Waals surface area contributed by atoms with Crippen LogP contribution >= 0.6 is 0 Å². The largest absolute Gasteiger partial charge is 0.481 e. The highest BCUT2D eigenvalue weighted by Crippen LogP contribution is 2.37. The molecule has 0 heterocycles. The average Bonchev–Trinajstić information content (AvgIpc) is 2.71. The Morgan fingerprint density at radius 3 is 1.71 bits per heavy atom. The summed E-state index contributed by atoms with van der Waals surface area (Å²) in [5.74, 6) is -3.28. The minimum atomic E-state index is -1.04. The van der Waals surface area contributed by atoms with Gasteiger partial charge in [-0.25, -0.2) is 0 Å². The highest BCUT2D eigenvalue weighted by molar-refractivity contribution is 5.87. The van der Waals surface area contributed by atoms with Crippen LogP contribution in [0, 0.1) is 29.6 Å². The first kappa shape index (κ1) is 27.4. The van der Waals surface area contributed by atoms with Crippen molar-refractivity contribution in [3.63, 3.8) is 0 Å². The third-order valence-corrected chi connectivity index (χ3v) is 6.13. The summed E-state index contributed by atoms with van der Waals surface area (Å²) in [4.78, 5) is 37.2. The van der Waals surface area contributed by atoms with Crippen molar-refractivity contribution >= 4 is 17.9 Å². The Hall–Kier alpha value is -1.59. The second-order valence-electron chi connectivity index (χ2n) is 9.83. The third kappa shape index (κ3) is 11.0. The van der Waals surface area contributed by atoms with Crippen molar-refractivity contribution in [2.24, 2.45) is 29.6 Å². The van der Waals surface area contributed by atoms with Crippen LogP contribution in [0.25, 0.3) is 0 Å². The van der Waals surface area contributed by atoms with Crippen LogP contribution in [0.15, 0.2) is 0 Å². The van der Waals surface area contributed by atoms with E-state index in [9.17, 15) is 19.5 Å². The molecule has 1 aliphatic carbocycles. The van der Waals surface area contributed by atoms with Crippen molar-refractivity contribution in [1.29, 1.82) is 0 Å². The zero-order valence-corrected chi connectivity index (χ0v) is 20.1. The Morgan fingerprint density at radius 1 is 0.742 bits per heavy atom. The van der Waals surface area contributed by atoms with Crippen molar-refractivity contribution in [2.75, 3.05) is 13.2 Å². The fourth-order valence-electron chi connectivity index (χ4n) is 4.28. The van der Waals surface area contributed by atoms with E-state index in [-0.39, 0.29) is 6.61 Å². The van der Waals surface area contributed by atoms with Crippen molar-refractivity contribution < 1.29 is 29.0 Å². The lowest BCUT2D eigenvalue weighted by molar-refractivity contribution is -0.170. The van der Waals surface area contributed by atoms with Gasteiger partial charge < -0.3 is 14.6 Å². The van der Waals surface area contributed by atoms with E-state index in [1.165, 1.54) is 0 Å². The zero-order valence-electron chi connectivity index (χ0n) is 20.1. The Kier molecular flexibility index (Phi) is 13.5. The fraction of sp³-hybridized carbons (Fsp3) is 0.880. The maximum Gasteiger partial charge on any atom is 0.310 e. The molecule has 0 spiro atoms. The van der Waals surface area contributed by atoms with Gasteiger partial charge >= 0.3 is 17.9 Å². The SMILES string of the molecule is CC(C)CCCCCOC(=O)C1CCCC(C(=O)O)C1C(=O)OCCCCCC(C)C. The minimum Gasteiger partial charge on any atom is -0.481 e. The van der Waals surface area contributed by atoms with Gasteiger partial charge in [0.2, 0.25) is 0 Å². The highest BCUT2D eigenvalue weighted by atomic mass is 16.5. The molecule has 0 aliphatic heterocycles. The maximum absolute atomic E-state index is 12.8. The summed E-state index contributed by atoms with van der Waals surface area (Å²) in [6.07, 6.45) is 9.47. The number of hydrogen-bond acceptors (Lipinski definition) is 5. The minimum absolute atomic E-state index is 0.275. The molecule has 180 valence electrons. The molecule has 0 aromatic heterocycles. The smallest absolute Gasteiger partial charge is 0.310 e. The molecular formula is C25H44O6. The Labute approximate surface area is 188 Å². The van der Waals surface area contributed by atoms with E-state index in [1.807, 2.05) is 0 Å². The van der Waals surface area contributed by atoms with Crippen LogP contribution in [0.1, 0.15) is 98.3 Å². The molecule has 1 aliphatic rings. The van der Waals surface area contributed by atoms with Gasteiger partial charge in [0.1, 0.15) is 0 Å². The van der Waals surface area contributed by atoms with Crippen LogP contribution < -0.4 is 0 Å². The summed E-state index contributed by atoms with van der Waals surface area (Å²) in [7, 11) is 0. The van der Waals surface area contributed by atoms with E-state index >= 15 is 0 Å². The normalized spacial score (nSPS) is 21.3. The highest BCUT2D eigenvalue weighted by Gasteiger charge is 2.46. The molecule has 0 saturated heterocycles. The number of carbonyl (C=O) groups excluding carboxylic acids is 2. The maximum atomic E-state index is 12.8. The predicted octanol–water partition coefficient (Wildman–Crippen LogP) is 5.62. The number of hydrogen-bond donors (Lipinski definition) is 1. The lowest BCUT2D eigenvalue weighted by Crippen LogP contribution is -2.43. The molecular weight excluding hydrogens is 396 g/mol. The van der Waals surface area contributed by atoms with E-state index in [0.717, 1.165) is 51.4 Å². The molecule has 0 amide bonds. The van der Waals surface area contributed by atoms with Gasteiger partial charge in [0.15, 0.2) is 0 Å². The van der Waals surface area contributed by atoms with Gasteiger partial charge in [-0.3, -0.25) is 14.4 Å². The quantitative estimate of drug-likeness (QED) is 0.262. The second kappa shape index (κ2) is 15.3. The molecule has 0 aromatic carbocycles.